The molecule has 0 spiro atoms. The molecule has 0 heterocycles. The van der Waals surface area contributed by atoms with Crippen LogP contribution < -0.4 is 5.73 Å². The Morgan fingerprint density at radius 3 is 1.75 bits per heavy atom. The molecular formula is C14H21NO. The number of carbonyl (C=O) groups is 1. The zero-order valence-electron chi connectivity index (χ0n) is 10.9. The van der Waals surface area contributed by atoms with Crippen LogP contribution >= 0.6 is 0 Å². The average Bonchev–Trinajstić information content (AvgIpc) is 2.23. The van der Waals surface area contributed by atoms with Crippen LogP contribution in [0.15, 0.2) is 0 Å². The van der Waals surface area contributed by atoms with Gasteiger partial charge < -0.3 is 5.73 Å². The van der Waals surface area contributed by atoms with E-state index >= 15 is 0 Å². The van der Waals surface area contributed by atoms with Crippen LogP contribution in [0.5, 0.6) is 0 Å². The lowest BCUT2D eigenvalue weighted by molar-refractivity contribution is -0.116. The van der Waals surface area contributed by atoms with Crippen molar-refractivity contribution in [3.8, 4) is 0 Å². The number of nitrogens with two attached hydrogens (primary N) is 1. The number of ketones is 1. The molecule has 2 heteroatoms. The van der Waals surface area contributed by atoms with Crippen LogP contribution in [0.4, 0.5) is 0 Å². The first-order chi connectivity index (χ1) is 7.40. The van der Waals surface area contributed by atoms with Crippen molar-refractivity contribution in [1.29, 1.82) is 0 Å². The van der Waals surface area contributed by atoms with Crippen molar-refractivity contribution in [3.05, 3.63) is 33.4 Å². The number of rotatable bonds is 3. The summed E-state index contributed by atoms with van der Waals surface area (Å²) in [6, 6.07) is 0. The number of carbonyl (C=O) groups excluding carboxylic acids is 1. The summed E-state index contributed by atoms with van der Waals surface area (Å²) in [4.78, 5) is 11.3. The molecule has 1 aromatic carbocycles. The molecule has 2 N–H and O–H groups in total. The lowest BCUT2D eigenvalue weighted by Gasteiger charge is -2.19. The van der Waals surface area contributed by atoms with Crippen LogP contribution in [-0.2, 0) is 17.8 Å². The van der Waals surface area contributed by atoms with Crippen LogP contribution in [0.3, 0.4) is 0 Å². The van der Waals surface area contributed by atoms with Crippen LogP contribution in [0.2, 0.25) is 0 Å². The molecule has 88 valence electrons. The number of hydrogen-bond donors (Lipinski definition) is 1. The van der Waals surface area contributed by atoms with E-state index in [1.54, 1.807) is 6.92 Å². The standard InChI is InChI=1S/C14H21NO/c1-8(16)6-13-11(4)9(2)10(3)12(5)14(13)7-15/h6-7,15H2,1-5H3. The number of hydrogen-bond acceptors (Lipinski definition) is 2. The van der Waals surface area contributed by atoms with Crippen LogP contribution in [-0.4, -0.2) is 5.78 Å². The summed E-state index contributed by atoms with van der Waals surface area (Å²) in [5.41, 5.74) is 13.1. The van der Waals surface area contributed by atoms with E-state index in [1.165, 1.54) is 22.3 Å². The Bertz CT molecular complexity index is 433. The van der Waals surface area contributed by atoms with E-state index < -0.39 is 0 Å². The third-order valence-electron chi connectivity index (χ3n) is 3.59. The molecule has 0 aliphatic carbocycles. The highest BCUT2D eigenvalue weighted by Crippen LogP contribution is 2.26. The van der Waals surface area contributed by atoms with Gasteiger partial charge in [-0.15, -0.1) is 0 Å². The smallest absolute Gasteiger partial charge is 0.134 e. The van der Waals surface area contributed by atoms with E-state index in [2.05, 4.69) is 27.7 Å². The highest BCUT2D eigenvalue weighted by Gasteiger charge is 2.14. The van der Waals surface area contributed by atoms with Crippen molar-refractivity contribution in [2.24, 2.45) is 5.73 Å². The molecule has 0 aliphatic heterocycles. The van der Waals surface area contributed by atoms with Gasteiger partial charge in [-0.05, 0) is 68.0 Å². The number of benzene rings is 1. The maximum atomic E-state index is 11.3. The molecule has 0 fully saturated rings. The Labute approximate surface area is 97.9 Å². The molecule has 0 saturated carbocycles. The van der Waals surface area contributed by atoms with Gasteiger partial charge in [0.25, 0.3) is 0 Å². The summed E-state index contributed by atoms with van der Waals surface area (Å²) >= 11 is 0. The average molecular weight is 219 g/mol. The third kappa shape index (κ3) is 2.17. The van der Waals surface area contributed by atoms with Crippen molar-refractivity contribution in [2.75, 3.05) is 0 Å². The van der Waals surface area contributed by atoms with Gasteiger partial charge in [0, 0.05) is 13.0 Å². The lowest BCUT2D eigenvalue weighted by atomic mass is 9.87. The summed E-state index contributed by atoms with van der Waals surface area (Å²) in [6.45, 7) is 10.5. The van der Waals surface area contributed by atoms with Crippen molar-refractivity contribution in [3.63, 3.8) is 0 Å². The van der Waals surface area contributed by atoms with Gasteiger partial charge in [-0.3, -0.25) is 4.79 Å². The van der Waals surface area contributed by atoms with Crippen molar-refractivity contribution < 1.29 is 4.79 Å². The van der Waals surface area contributed by atoms with E-state index in [0.29, 0.717) is 13.0 Å². The lowest BCUT2D eigenvalue weighted by Crippen LogP contribution is -2.12. The molecule has 2 nitrogen and oxygen atoms in total. The molecule has 1 rings (SSSR count). The van der Waals surface area contributed by atoms with E-state index in [1.807, 2.05) is 0 Å². The summed E-state index contributed by atoms with van der Waals surface area (Å²) < 4.78 is 0. The Hall–Kier alpha value is -1.15. The van der Waals surface area contributed by atoms with Crippen molar-refractivity contribution >= 4 is 5.78 Å². The first-order valence-electron chi connectivity index (χ1n) is 5.67. The SMILES string of the molecule is CC(=O)Cc1c(C)c(C)c(C)c(C)c1CN. The Morgan fingerprint density at radius 2 is 1.38 bits per heavy atom. The molecule has 0 aliphatic rings. The monoisotopic (exact) mass is 219 g/mol. The summed E-state index contributed by atoms with van der Waals surface area (Å²) in [7, 11) is 0. The van der Waals surface area contributed by atoms with Gasteiger partial charge in [0.15, 0.2) is 0 Å². The second-order valence-electron chi connectivity index (χ2n) is 4.54. The van der Waals surface area contributed by atoms with Gasteiger partial charge in [-0.1, -0.05) is 0 Å². The summed E-state index contributed by atoms with van der Waals surface area (Å²) in [5.74, 6) is 0.195. The second kappa shape index (κ2) is 4.79. The Morgan fingerprint density at radius 1 is 0.938 bits per heavy atom. The Balaban J connectivity index is 3.50. The first kappa shape index (κ1) is 12.9. The van der Waals surface area contributed by atoms with Crippen LogP contribution in [0, 0.1) is 27.7 Å². The van der Waals surface area contributed by atoms with Crippen LogP contribution in [0.25, 0.3) is 0 Å². The maximum absolute atomic E-state index is 11.3. The largest absolute Gasteiger partial charge is 0.326 e. The predicted molar refractivity (Wildman–Crippen MR) is 67.7 cm³/mol. The zero-order chi connectivity index (χ0) is 12.5. The second-order valence-corrected chi connectivity index (χ2v) is 4.54. The van der Waals surface area contributed by atoms with Crippen molar-refractivity contribution in [1.82, 2.24) is 0 Å². The minimum atomic E-state index is 0.195. The molecule has 16 heavy (non-hydrogen) atoms. The fraction of sp³-hybridized carbons (Fsp3) is 0.500. The maximum Gasteiger partial charge on any atom is 0.134 e. The molecule has 0 bridgehead atoms. The summed E-state index contributed by atoms with van der Waals surface area (Å²) in [6.07, 6.45) is 0.500. The molecular weight excluding hydrogens is 198 g/mol. The van der Waals surface area contributed by atoms with Gasteiger partial charge in [0.2, 0.25) is 0 Å². The highest BCUT2D eigenvalue weighted by molar-refractivity contribution is 5.79. The minimum absolute atomic E-state index is 0.195. The van der Waals surface area contributed by atoms with Gasteiger partial charge in [0.1, 0.15) is 5.78 Å². The van der Waals surface area contributed by atoms with Crippen molar-refractivity contribution in [2.45, 2.75) is 47.6 Å². The summed E-state index contributed by atoms with van der Waals surface area (Å²) in [5, 5.41) is 0. The third-order valence-corrected chi connectivity index (χ3v) is 3.59. The zero-order valence-corrected chi connectivity index (χ0v) is 10.9. The normalized spacial score (nSPS) is 10.6. The minimum Gasteiger partial charge on any atom is -0.326 e. The fourth-order valence-corrected chi connectivity index (χ4v) is 2.23. The molecule has 0 unspecified atom stereocenters. The first-order valence-corrected chi connectivity index (χ1v) is 5.67. The van der Waals surface area contributed by atoms with Gasteiger partial charge >= 0.3 is 0 Å². The quantitative estimate of drug-likeness (QED) is 0.848. The van der Waals surface area contributed by atoms with Gasteiger partial charge in [-0.2, -0.15) is 0 Å². The highest BCUT2D eigenvalue weighted by atomic mass is 16.1. The Kier molecular flexibility index (Phi) is 3.87. The van der Waals surface area contributed by atoms with E-state index in [-0.39, 0.29) is 5.78 Å². The molecule has 0 radical (unpaired) electrons. The van der Waals surface area contributed by atoms with Gasteiger partial charge in [-0.25, -0.2) is 0 Å². The van der Waals surface area contributed by atoms with E-state index in [4.69, 9.17) is 5.73 Å². The number of Topliss-reactive ketones (excluding diaryl/α,β-unsaturated/α-hetero) is 1. The fourth-order valence-electron chi connectivity index (χ4n) is 2.23. The van der Waals surface area contributed by atoms with Crippen LogP contribution in [0.1, 0.15) is 40.3 Å². The van der Waals surface area contributed by atoms with Gasteiger partial charge in [0.05, 0.1) is 0 Å². The topological polar surface area (TPSA) is 43.1 Å². The van der Waals surface area contributed by atoms with E-state index in [9.17, 15) is 4.79 Å². The molecule has 0 amide bonds. The molecule has 1 aromatic rings. The molecule has 0 atom stereocenters. The van der Waals surface area contributed by atoms with E-state index in [0.717, 1.165) is 11.1 Å². The molecule has 0 saturated heterocycles. The molecule has 0 aromatic heterocycles. The predicted octanol–water partition coefficient (Wildman–Crippen LogP) is 2.51.